The first kappa shape index (κ1) is 21.3. The number of aryl methyl sites for hydroxylation is 1. The molecule has 1 unspecified atom stereocenters. The zero-order valence-corrected chi connectivity index (χ0v) is 15.2. The van der Waals surface area contributed by atoms with Crippen LogP contribution < -0.4 is 10.0 Å². The molecule has 2 rings (SSSR count). The maximum atomic E-state index is 14.6. The lowest BCUT2D eigenvalue weighted by molar-refractivity contribution is -0.147. The topological polar surface area (TPSA) is 117 Å². The highest BCUT2D eigenvalue weighted by molar-refractivity contribution is 7.89. The number of pyridine rings is 1. The summed E-state index contributed by atoms with van der Waals surface area (Å²) in [5, 5.41) is 11.0. The van der Waals surface area contributed by atoms with Crippen molar-refractivity contribution in [3.8, 4) is 6.07 Å². The van der Waals surface area contributed by atoms with E-state index in [-0.39, 0.29) is 11.5 Å². The number of amides is 1. The molecule has 2 N–H and O–H groups in total. The van der Waals surface area contributed by atoms with Gasteiger partial charge in [-0.3, -0.25) is 4.79 Å². The third-order valence-electron chi connectivity index (χ3n) is 3.52. The average Bonchev–Trinajstić information content (AvgIpc) is 2.89. The van der Waals surface area contributed by atoms with E-state index >= 15 is 0 Å². The Balaban J connectivity index is 2.35. The van der Waals surface area contributed by atoms with Crippen LogP contribution in [0.25, 0.3) is 0 Å². The standard InChI is InChI=1S/C15H13F4N5O3S/c1-8(15(17,18)19)23-28(26,27)10-7-24(2)13(12(10)16)14(25)22-11-5-3-4-9(6-20)21-11/h3-5,7-8,23H,1-2H3,(H,21,22,25). The van der Waals surface area contributed by atoms with E-state index < -0.39 is 44.6 Å². The predicted molar refractivity (Wildman–Crippen MR) is 88.1 cm³/mol. The van der Waals surface area contributed by atoms with Crippen molar-refractivity contribution in [2.45, 2.75) is 24.0 Å². The quantitative estimate of drug-likeness (QED) is 0.718. The van der Waals surface area contributed by atoms with Gasteiger partial charge in [0, 0.05) is 13.2 Å². The van der Waals surface area contributed by atoms with Gasteiger partial charge in [0.15, 0.2) is 5.82 Å². The van der Waals surface area contributed by atoms with E-state index in [2.05, 4.69) is 10.3 Å². The van der Waals surface area contributed by atoms with Gasteiger partial charge < -0.3 is 9.88 Å². The average molecular weight is 419 g/mol. The molecule has 0 aliphatic heterocycles. The van der Waals surface area contributed by atoms with Gasteiger partial charge in [-0.25, -0.2) is 17.8 Å². The van der Waals surface area contributed by atoms with Crippen LogP contribution in [0.2, 0.25) is 0 Å². The highest BCUT2D eigenvalue weighted by Gasteiger charge is 2.40. The summed E-state index contributed by atoms with van der Waals surface area (Å²) in [5.41, 5.74) is -0.775. The second-order valence-electron chi connectivity index (χ2n) is 5.63. The highest BCUT2D eigenvalue weighted by atomic mass is 32.2. The van der Waals surface area contributed by atoms with Crippen LogP contribution in [0, 0.1) is 17.1 Å². The number of carbonyl (C=O) groups excluding carboxylic acids is 1. The SMILES string of the molecule is CC(NS(=O)(=O)c1cn(C)c(C(=O)Nc2cccc(C#N)n2)c1F)C(F)(F)F. The fourth-order valence-electron chi connectivity index (χ4n) is 2.12. The maximum absolute atomic E-state index is 14.6. The second kappa shape index (κ2) is 7.56. The van der Waals surface area contributed by atoms with Gasteiger partial charge in [0.2, 0.25) is 10.0 Å². The Morgan fingerprint density at radius 3 is 2.57 bits per heavy atom. The number of anilines is 1. The molecule has 0 radical (unpaired) electrons. The number of carbonyl (C=O) groups is 1. The number of nitriles is 1. The van der Waals surface area contributed by atoms with Crippen molar-refractivity contribution in [1.29, 1.82) is 5.26 Å². The molecule has 2 aromatic heterocycles. The zero-order valence-electron chi connectivity index (χ0n) is 14.4. The number of aromatic nitrogens is 2. The Hall–Kier alpha value is -2.98. The van der Waals surface area contributed by atoms with Gasteiger partial charge in [0.05, 0.1) is 0 Å². The van der Waals surface area contributed by atoms with Crippen LogP contribution >= 0.6 is 0 Å². The van der Waals surface area contributed by atoms with E-state index in [1.807, 2.05) is 0 Å². The molecule has 0 aromatic carbocycles. The Morgan fingerprint density at radius 2 is 2.00 bits per heavy atom. The van der Waals surface area contributed by atoms with Crippen molar-refractivity contribution in [3.63, 3.8) is 0 Å². The van der Waals surface area contributed by atoms with Crippen LogP contribution in [0.15, 0.2) is 29.3 Å². The van der Waals surface area contributed by atoms with Crippen LogP contribution in [0.5, 0.6) is 0 Å². The number of hydrogen-bond donors (Lipinski definition) is 2. The molecule has 1 atom stereocenters. The summed E-state index contributed by atoms with van der Waals surface area (Å²) in [6, 6.07) is 3.34. The Bertz CT molecular complexity index is 1060. The van der Waals surface area contributed by atoms with Gasteiger partial charge in [-0.15, -0.1) is 0 Å². The molecule has 150 valence electrons. The summed E-state index contributed by atoms with van der Waals surface area (Å²) >= 11 is 0. The Morgan fingerprint density at radius 1 is 1.36 bits per heavy atom. The zero-order chi connectivity index (χ0) is 21.3. The first-order valence-corrected chi connectivity index (χ1v) is 8.97. The van der Waals surface area contributed by atoms with Crippen LogP contribution in [-0.4, -0.2) is 36.1 Å². The van der Waals surface area contributed by atoms with E-state index in [0.29, 0.717) is 13.1 Å². The number of alkyl halides is 3. The van der Waals surface area contributed by atoms with E-state index in [0.717, 1.165) is 11.6 Å². The van der Waals surface area contributed by atoms with Gasteiger partial charge in [0.25, 0.3) is 5.91 Å². The molecule has 8 nitrogen and oxygen atoms in total. The summed E-state index contributed by atoms with van der Waals surface area (Å²) < 4.78 is 78.7. The third kappa shape index (κ3) is 4.46. The summed E-state index contributed by atoms with van der Waals surface area (Å²) in [6.07, 6.45) is -4.20. The first-order valence-electron chi connectivity index (χ1n) is 7.49. The number of nitrogens with one attached hydrogen (secondary N) is 2. The van der Waals surface area contributed by atoms with Gasteiger partial charge in [0.1, 0.15) is 34.2 Å². The molecule has 28 heavy (non-hydrogen) atoms. The largest absolute Gasteiger partial charge is 0.404 e. The van der Waals surface area contributed by atoms with Crippen LogP contribution in [0.3, 0.4) is 0 Å². The number of hydrogen-bond acceptors (Lipinski definition) is 5. The van der Waals surface area contributed by atoms with E-state index in [4.69, 9.17) is 5.26 Å². The summed E-state index contributed by atoms with van der Waals surface area (Å²) in [7, 11) is -3.75. The van der Waals surface area contributed by atoms with Crippen molar-refractivity contribution in [2.75, 3.05) is 5.32 Å². The minimum absolute atomic E-state index is 0.0289. The van der Waals surface area contributed by atoms with E-state index in [1.165, 1.54) is 22.9 Å². The summed E-state index contributed by atoms with van der Waals surface area (Å²) in [5.74, 6) is -2.73. The predicted octanol–water partition coefficient (Wildman–Crippen LogP) is 1.91. The van der Waals surface area contributed by atoms with Gasteiger partial charge in [-0.05, 0) is 19.1 Å². The number of sulfonamides is 1. The van der Waals surface area contributed by atoms with E-state index in [1.54, 1.807) is 6.07 Å². The van der Waals surface area contributed by atoms with E-state index in [9.17, 15) is 30.8 Å². The second-order valence-corrected chi connectivity index (χ2v) is 7.31. The molecule has 2 heterocycles. The Kier molecular flexibility index (Phi) is 5.76. The number of halogens is 4. The molecule has 0 spiro atoms. The fourth-order valence-corrected chi connectivity index (χ4v) is 3.48. The first-order chi connectivity index (χ1) is 12.9. The lowest BCUT2D eigenvalue weighted by Crippen LogP contribution is -2.43. The molecule has 0 bridgehead atoms. The minimum Gasteiger partial charge on any atom is -0.343 e. The van der Waals surface area contributed by atoms with Crippen LogP contribution in [-0.2, 0) is 17.1 Å². The molecular formula is C15H13F4N5O3S. The fraction of sp³-hybridized carbons (Fsp3) is 0.267. The lowest BCUT2D eigenvalue weighted by atomic mass is 10.3. The molecule has 0 saturated heterocycles. The van der Waals surface area contributed by atoms with Crippen molar-refractivity contribution >= 4 is 21.7 Å². The molecular weight excluding hydrogens is 406 g/mol. The molecule has 0 aliphatic carbocycles. The molecule has 0 aliphatic rings. The molecule has 1 amide bonds. The lowest BCUT2D eigenvalue weighted by Gasteiger charge is -2.16. The van der Waals surface area contributed by atoms with Crippen molar-refractivity contribution in [3.05, 3.63) is 41.6 Å². The summed E-state index contributed by atoms with van der Waals surface area (Å²) in [4.78, 5) is 14.9. The molecule has 0 fully saturated rings. The highest BCUT2D eigenvalue weighted by Crippen LogP contribution is 2.25. The van der Waals surface area contributed by atoms with Gasteiger partial charge in [-0.1, -0.05) is 6.07 Å². The van der Waals surface area contributed by atoms with Crippen LogP contribution in [0.1, 0.15) is 23.1 Å². The van der Waals surface area contributed by atoms with Gasteiger partial charge >= 0.3 is 6.18 Å². The number of rotatable bonds is 5. The van der Waals surface area contributed by atoms with Gasteiger partial charge in [-0.2, -0.15) is 23.2 Å². The number of nitrogens with zero attached hydrogens (tertiary/aromatic N) is 3. The monoisotopic (exact) mass is 419 g/mol. The third-order valence-corrected chi connectivity index (χ3v) is 5.05. The molecule has 2 aromatic rings. The summed E-state index contributed by atoms with van der Waals surface area (Å²) in [6.45, 7) is 0.555. The normalized spacial score (nSPS) is 13.0. The van der Waals surface area contributed by atoms with Crippen LogP contribution in [0.4, 0.5) is 23.4 Å². The van der Waals surface area contributed by atoms with Crippen molar-refractivity contribution in [1.82, 2.24) is 14.3 Å². The molecule has 0 saturated carbocycles. The maximum Gasteiger partial charge on any atom is 0.404 e. The van der Waals surface area contributed by atoms with Crippen molar-refractivity contribution in [2.24, 2.45) is 7.05 Å². The van der Waals surface area contributed by atoms with Crippen molar-refractivity contribution < 1.29 is 30.8 Å². The minimum atomic E-state index is -4.90. The smallest absolute Gasteiger partial charge is 0.343 e. The molecule has 13 heteroatoms. The Labute approximate surface area is 156 Å².